The topological polar surface area (TPSA) is 93.9 Å². The molecule has 1 atom stereocenters. The summed E-state index contributed by atoms with van der Waals surface area (Å²) in [5, 5.41) is 37.1. The van der Waals surface area contributed by atoms with Gasteiger partial charge in [0, 0.05) is 28.9 Å². The van der Waals surface area contributed by atoms with Crippen molar-refractivity contribution >= 4 is 16.6 Å². The largest absolute Gasteiger partial charge is 0.507 e. The number of fused-ring (bicyclic) bond motifs is 1. The molecule has 27 heavy (non-hydrogen) atoms. The molecule has 1 aliphatic rings. The number of aryl methyl sites for hydroxylation is 1. The van der Waals surface area contributed by atoms with E-state index in [1.54, 1.807) is 12.1 Å². The fourth-order valence-electron chi connectivity index (χ4n) is 3.54. The van der Waals surface area contributed by atoms with E-state index in [4.69, 9.17) is 5.26 Å². The van der Waals surface area contributed by atoms with Crippen LogP contribution in [-0.4, -0.2) is 34.4 Å². The summed E-state index contributed by atoms with van der Waals surface area (Å²) in [6.45, 7) is 3.99. The molecule has 0 radical (unpaired) electrons. The van der Waals surface area contributed by atoms with E-state index in [9.17, 15) is 5.11 Å². The van der Waals surface area contributed by atoms with E-state index in [-0.39, 0.29) is 5.75 Å². The van der Waals surface area contributed by atoms with Crippen LogP contribution in [0.5, 0.6) is 5.75 Å². The summed E-state index contributed by atoms with van der Waals surface area (Å²) in [4.78, 5) is 0. The van der Waals surface area contributed by atoms with E-state index in [0.29, 0.717) is 22.9 Å². The molecule has 1 aromatic heterocycles. The molecule has 0 amide bonds. The molecule has 0 aliphatic carbocycles. The van der Waals surface area contributed by atoms with Gasteiger partial charge < -0.3 is 15.7 Å². The summed E-state index contributed by atoms with van der Waals surface area (Å²) in [5.74, 6) is 0.791. The average molecular weight is 359 g/mol. The number of aromatic hydroxyl groups is 1. The normalized spacial score (nSPS) is 16.8. The predicted octanol–water partition coefficient (Wildman–Crippen LogP) is 3.35. The molecule has 0 saturated carbocycles. The molecular weight excluding hydrogens is 338 g/mol. The van der Waals surface area contributed by atoms with Gasteiger partial charge in [0.25, 0.3) is 0 Å². The van der Waals surface area contributed by atoms with Crippen LogP contribution < -0.4 is 10.6 Å². The molecule has 0 spiro atoms. The predicted molar refractivity (Wildman–Crippen MR) is 106 cm³/mol. The standard InChI is InChI=1S/C21H21N5O/c1-13-4-6-16-18(9-13)20(17-7-5-14(11-22)10-19(17)27)25-26-21(16)24-15-3-2-8-23-12-15/h4-7,9-10,15,23,27H,2-3,8,12H2,1H3,(H,24,26). The van der Waals surface area contributed by atoms with Crippen LogP contribution in [0.1, 0.15) is 24.0 Å². The molecule has 2 aromatic carbocycles. The Kier molecular flexibility index (Phi) is 4.61. The lowest BCUT2D eigenvalue weighted by Crippen LogP contribution is -2.38. The Morgan fingerprint density at radius 2 is 2.07 bits per heavy atom. The zero-order valence-electron chi connectivity index (χ0n) is 15.2. The van der Waals surface area contributed by atoms with Crippen molar-refractivity contribution in [2.24, 2.45) is 0 Å². The first kappa shape index (κ1) is 17.3. The quantitative estimate of drug-likeness (QED) is 0.664. The van der Waals surface area contributed by atoms with Crippen LogP contribution in [0.15, 0.2) is 36.4 Å². The molecule has 1 unspecified atom stereocenters. The Hall–Kier alpha value is -3.17. The highest BCUT2D eigenvalue weighted by Gasteiger charge is 2.18. The Bertz CT molecular complexity index is 1030. The van der Waals surface area contributed by atoms with Gasteiger partial charge in [-0.25, -0.2) is 0 Å². The van der Waals surface area contributed by atoms with Crippen LogP contribution >= 0.6 is 0 Å². The minimum absolute atomic E-state index is 0.0309. The molecule has 0 bridgehead atoms. The summed E-state index contributed by atoms with van der Waals surface area (Å²) in [5.41, 5.74) is 2.70. The van der Waals surface area contributed by atoms with Crippen LogP contribution in [0.2, 0.25) is 0 Å². The third-order valence-corrected chi connectivity index (χ3v) is 4.95. The molecule has 4 rings (SSSR count). The number of nitriles is 1. The third kappa shape index (κ3) is 3.42. The average Bonchev–Trinajstić information content (AvgIpc) is 2.69. The zero-order valence-corrected chi connectivity index (χ0v) is 15.2. The molecule has 1 aliphatic heterocycles. The number of benzene rings is 2. The maximum atomic E-state index is 10.4. The number of anilines is 1. The van der Waals surface area contributed by atoms with E-state index in [1.165, 1.54) is 6.07 Å². The lowest BCUT2D eigenvalue weighted by atomic mass is 10.0. The van der Waals surface area contributed by atoms with Gasteiger partial charge in [-0.2, -0.15) is 5.26 Å². The molecular formula is C21H21N5O. The van der Waals surface area contributed by atoms with Crippen molar-refractivity contribution in [1.29, 1.82) is 5.26 Å². The minimum atomic E-state index is 0.0309. The van der Waals surface area contributed by atoms with Gasteiger partial charge in [0.1, 0.15) is 11.4 Å². The summed E-state index contributed by atoms with van der Waals surface area (Å²) in [6.07, 6.45) is 2.24. The SMILES string of the molecule is Cc1ccc2c(NC3CCCNC3)nnc(-c3ccc(C#N)cc3O)c2c1. The highest BCUT2D eigenvalue weighted by Crippen LogP contribution is 2.35. The Labute approximate surface area is 157 Å². The van der Waals surface area contributed by atoms with Gasteiger partial charge in [-0.3, -0.25) is 0 Å². The molecule has 3 N–H and O–H groups in total. The summed E-state index contributed by atoms with van der Waals surface area (Å²) >= 11 is 0. The van der Waals surface area contributed by atoms with Crippen molar-refractivity contribution in [2.75, 3.05) is 18.4 Å². The van der Waals surface area contributed by atoms with Crippen LogP contribution in [0.3, 0.4) is 0 Å². The van der Waals surface area contributed by atoms with Crippen LogP contribution in [0.4, 0.5) is 5.82 Å². The van der Waals surface area contributed by atoms with Crippen LogP contribution in [0, 0.1) is 18.3 Å². The maximum Gasteiger partial charge on any atom is 0.156 e. The molecule has 6 heteroatoms. The van der Waals surface area contributed by atoms with Crippen molar-refractivity contribution in [2.45, 2.75) is 25.8 Å². The molecule has 136 valence electrons. The van der Waals surface area contributed by atoms with E-state index in [0.717, 1.165) is 48.1 Å². The molecule has 3 aromatic rings. The van der Waals surface area contributed by atoms with Gasteiger partial charge in [-0.1, -0.05) is 17.7 Å². The van der Waals surface area contributed by atoms with E-state index >= 15 is 0 Å². The molecule has 1 saturated heterocycles. The van der Waals surface area contributed by atoms with Gasteiger partial charge in [0.15, 0.2) is 5.82 Å². The second kappa shape index (κ2) is 7.22. The highest BCUT2D eigenvalue weighted by molar-refractivity contribution is 6.01. The first-order valence-corrected chi connectivity index (χ1v) is 9.13. The Morgan fingerprint density at radius 1 is 1.19 bits per heavy atom. The first-order chi connectivity index (χ1) is 13.2. The van der Waals surface area contributed by atoms with Crippen molar-refractivity contribution in [3.05, 3.63) is 47.5 Å². The lowest BCUT2D eigenvalue weighted by molar-refractivity contribution is 0.476. The summed E-state index contributed by atoms with van der Waals surface area (Å²) < 4.78 is 0. The van der Waals surface area contributed by atoms with Crippen LogP contribution in [-0.2, 0) is 0 Å². The number of phenolic OH excluding ortho intramolecular Hbond substituents is 1. The summed E-state index contributed by atoms with van der Waals surface area (Å²) in [7, 11) is 0. The minimum Gasteiger partial charge on any atom is -0.507 e. The molecule has 6 nitrogen and oxygen atoms in total. The van der Waals surface area contributed by atoms with E-state index in [2.05, 4.69) is 33.0 Å². The number of phenols is 1. The number of hydrogen-bond donors (Lipinski definition) is 3. The second-order valence-electron chi connectivity index (χ2n) is 6.98. The second-order valence-corrected chi connectivity index (χ2v) is 6.98. The van der Waals surface area contributed by atoms with Crippen molar-refractivity contribution < 1.29 is 5.11 Å². The Morgan fingerprint density at radius 3 is 2.81 bits per heavy atom. The fourth-order valence-corrected chi connectivity index (χ4v) is 3.54. The van der Waals surface area contributed by atoms with Gasteiger partial charge in [-0.05, 0) is 50.6 Å². The number of piperidine rings is 1. The van der Waals surface area contributed by atoms with Crippen LogP contribution in [0.25, 0.3) is 22.0 Å². The molecule has 2 heterocycles. The van der Waals surface area contributed by atoms with Gasteiger partial charge >= 0.3 is 0 Å². The zero-order chi connectivity index (χ0) is 18.8. The maximum absolute atomic E-state index is 10.4. The number of nitrogens with zero attached hydrogens (tertiary/aromatic N) is 3. The summed E-state index contributed by atoms with van der Waals surface area (Å²) in [6, 6.07) is 13.4. The van der Waals surface area contributed by atoms with Crippen molar-refractivity contribution in [3.63, 3.8) is 0 Å². The lowest BCUT2D eigenvalue weighted by Gasteiger charge is -2.24. The third-order valence-electron chi connectivity index (χ3n) is 4.95. The Balaban J connectivity index is 1.82. The fraction of sp³-hybridized carbons (Fsp3) is 0.286. The number of aromatic nitrogens is 2. The van der Waals surface area contributed by atoms with E-state index in [1.807, 2.05) is 19.1 Å². The van der Waals surface area contributed by atoms with Gasteiger partial charge in [-0.15, -0.1) is 10.2 Å². The van der Waals surface area contributed by atoms with Gasteiger partial charge in [0.05, 0.1) is 11.6 Å². The molecule has 1 fully saturated rings. The smallest absolute Gasteiger partial charge is 0.156 e. The van der Waals surface area contributed by atoms with Crippen molar-refractivity contribution in [3.8, 4) is 23.1 Å². The number of rotatable bonds is 3. The highest BCUT2D eigenvalue weighted by atomic mass is 16.3. The monoisotopic (exact) mass is 359 g/mol. The first-order valence-electron chi connectivity index (χ1n) is 9.13. The van der Waals surface area contributed by atoms with E-state index < -0.39 is 0 Å². The van der Waals surface area contributed by atoms with Gasteiger partial charge in [0.2, 0.25) is 0 Å². The van der Waals surface area contributed by atoms with Crippen molar-refractivity contribution in [1.82, 2.24) is 15.5 Å². The number of nitrogens with one attached hydrogen (secondary N) is 2. The number of hydrogen-bond acceptors (Lipinski definition) is 6.